The fourth-order valence-electron chi connectivity index (χ4n) is 9.49. The van der Waals surface area contributed by atoms with E-state index in [2.05, 4.69) is 170 Å². The van der Waals surface area contributed by atoms with Crippen molar-refractivity contribution in [1.29, 1.82) is 0 Å². The first-order valence-electron chi connectivity index (χ1n) is 19.0. The molecular weight excluding hydrogens is 699 g/mol. The standard InChI is InChI=1S/C52H31N3S/c1-2-15-32(16-3-1)49-53-50(33-29-30-39-38-21-9-13-28-46(38)56-47(39)31-33)55-51(54-49)41-23-14-27-45-48(41)40-22-8-12-26-44(40)52(45)42-24-10-6-19-36(42)34-17-4-5-18-35(34)37-20-7-11-25-43(37)52/h1-31H. The minimum Gasteiger partial charge on any atom is -0.208 e. The average molecular weight is 730 g/mol. The summed E-state index contributed by atoms with van der Waals surface area (Å²) >= 11 is 1.81. The maximum Gasteiger partial charge on any atom is 0.164 e. The Kier molecular flexibility index (Phi) is 6.72. The van der Waals surface area contributed by atoms with Gasteiger partial charge in [0.1, 0.15) is 0 Å². The first kappa shape index (κ1) is 31.4. The second-order valence-electron chi connectivity index (χ2n) is 14.6. The topological polar surface area (TPSA) is 38.7 Å². The SMILES string of the molecule is c1ccc(-c2nc(-c3ccc4c(c3)sc3ccccc34)nc(-c3cccc4c3-c3ccccc3C43c4ccccc4-c4ccccc4-c4ccccc43)n2)cc1. The maximum absolute atomic E-state index is 5.37. The number of nitrogens with zero attached hydrogens (tertiary/aromatic N) is 3. The van der Waals surface area contributed by atoms with Crippen molar-refractivity contribution in [1.82, 2.24) is 15.0 Å². The molecule has 0 bridgehead atoms. The fourth-order valence-corrected chi connectivity index (χ4v) is 10.6. The molecule has 260 valence electrons. The van der Waals surface area contributed by atoms with Crippen molar-refractivity contribution >= 4 is 31.5 Å². The minimum atomic E-state index is -0.585. The van der Waals surface area contributed by atoms with Gasteiger partial charge in [0, 0.05) is 36.9 Å². The smallest absolute Gasteiger partial charge is 0.164 e. The monoisotopic (exact) mass is 729 g/mol. The van der Waals surface area contributed by atoms with Gasteiger partial charge in [0.25, 0.3) is 0 Å². The number of aromatic nitrogens is 3. The van der Waals surface area contributed by atoms with Crippen LogP contribution in [0.1, 0.15) is 22.3 Å². The van der Waals surface area contributed by atoms with Crippen LogP contribution in [-0.4, -0.2) is 15.0 Å². The van der Waals surface area contributed by atoms with E-state index < -0.39 is 5.41 Å². The van der Waals surface area contributed by atoms with Crippen molar-refractivity contribution in [3.05, 3.63) is 210 Å². The molecule has 0 N–H and O–H groups in total. The highest BCUT2D eigenvalue weighted by atomic mass is 32.1. The van der Waals surface area contributed by atoms with Crippen LogP contribution < -0.4 is 0 Å². The third-order valence-electron chi connectivity index (χ3n) is 11.8. The van der Waals surface area contributed by atoms with Gasteiger partial charge in [-0.1, -0.05) is 176 Å². The molecule has 2 aromatic heterocycles. The van der Waals surface area contributed by atoms with E-state index in [9.17, 15) is 0 Å². The third kappa shape index (κ3) is 4.36. The summed E-state index contributed by atoms with van der Waals surface area (Å²) in [6.45, 7) is 0. The second-order valence-corrected chi connectivity index (χ2v) is 15.7. The molecule has 1 spiro atoms. The summed E-state index contributed by atoms with van der Waals surface area (Å²) in [5.74, 6) is 1.97. The van der Waals surface area contributed by atoms with Gasteiger partial charge in [-0.25, -0.2) is 15.0 Å². The van der Waals surface area contributed by atoms with Crippen LogP contribution in [0.15, 0.2) is 188 Å². The summed E-state index contributed by atoms with van der Waals surface area (Å²) in [6, 6.07) is 68.0. The van der Waals surface area contributed by atoms with Crippen LogP contribution in [0.5, 0.6) is 0 Å². The van der Waals surface area contributed by atoms with Gasteiger partial charge < -0.3 is 0 Å². The van der Waals surface area contributed by atoms with Gasteiger partial charge in [-0.15, -0.1) is 11.3 Å². The molecule has 8 aromatic carbocycles. The highest BCUT2D eigenvalue weighted by Gasteiger charge is 2.50. The van der Waals surface area contributed by atoms with E-state index in [1.807, 2.05) is 29.5 Å². The Morgan fingerprint density at radius 2 is 0.821 bits per heavy atom. The van der Waals surface area contributed by atoms with E-state index >= 15 is 0 Å². The van der Waals surface area contributed by atoms with E-state index in [0.29, 0.717) is 17.5 Å². The first-order valence-corrected chi connectivity index (χ1v) is 19.8. The molecule has 2 heterocycles. The Hall–Kier alpha value is -7.01. The first-order chi connectivity index (χ1) is 27.8. The van der Waals surface area contributed by atoms with Gasteiger partial charge >= 0.3 is 0 Å². The van der Waals surface area contributed by atoms with Crippen molar-refractivity contribution in [3.63, 3.8) is 0 Å². The zero-order chi connectivity index (χ0) is 36.8. The lowest BCUT2D eigenvalue weighted by Gasteiger charge is -2.35. The molecule has 0 radical (unpaired) electrons. The third-order valence-corrected chi connectivity index (χ3v) is 12.9. The Bertz CT molecular complexity index is 3150. The molecule has 3 nitrogen and oxygen atoms in total. The molecule has 56 heavy (non-hydrogen) atoms. The van der Waals surface area contributed by atoms with E-state index in [0.717, 1.165) is 22.3 Å². The van der Waals surface area contributed by atoms with Gasteiger partial charge in [0.05, 0.1) is 5.41 Å². The van der Waals surface area contributed by atoms with Crippen molar-refractivity contribution < 1.29 is 0 Å². The van der Waals surface area contributed by atoms with E-state index in [1.54, 1.807) is 0 Å². The normalized spacial score (nSPS) is 13.1. The molecule has 12 rings (SSSR count). The quantitative estimate of drug-likeness (QED) is 0.182. The average Bonchev–Trinajstić information content (AvgIpc) is 3.76. The number of rotatable bonds is 3. The minimum absolute atomic E-state index is 0.585. The molecule has 0 fully saturated rings. The van der Waals surface area contributed by atoms with Crippen LogP contribution in [0, 0.1) is 0 Å². The largest absolute Gasteiger partial charge is 0.208 e. The summed E-state index contributed by atoms with van der Waals surface area (Å²) in [5.41, 5.74) is 14.7. The molecule has 0 aliphatic heterocycles. The highest BCUT2D eigenvalue weighted by molar-refractivity contribution is 7.25. The van der Waals surface area contributed by atoms with Crippen molar-refractivity contribution in [2.24, 2.45) is 0 Å². The molecule has 2 aliphatic rings. The van der Waals surface area contributed by atoms with Crippen molar-refractivity contribution in [3.8, 4) is 67.5 Å². The summed E-state index contributed by atoms with van der Waals surface area (Å²) in [5, 5.41) is 2.53. The number of hydrogen-bond acceptors (Lipinski definition) is 4. The fraction of sp³-hybridized carbons (Fsp3) is 0.0192. The zero-order valence-corrected chi connectivity index (χ0v) is 31.0. The lowest BCUT2D eigenvalue weighted by Crippen LogP contribution is -2.29. The Morgan fingerprint density at radius 1 is 0.321 bits per heavy atom. The van der Waals surface area contributed by atoms with Crippen LogP contribution in [0.3, 0.4) is 0 Å². The lowest BCUT2D eigenvalue weighted by atomic mass is 9.66. The number of thiophene rings is 1. The van der Waals surface area contributed by atoms with Crippen LogP contribution >= 0.6 is 11.3 Å². The van der Waals surface area contributed by atoms with E-state index in [1.165, 1.54) is 70.2 Å². The van der Waals surface area contributed by atoms with Crippen LogP contribution in [0.4, 0.5) is 0 Å². The Balaban J connectivity index is 1.15. The van der Waals surface area contributed by atoms with E-state index in [-0.39, 0.29) is 0 Å². The summed E-state index contributed by atoms with van der Waals surface area (Å²) in [7, 11) is 0. The highest BCUT2D eigenvalue weighted by Crippen LogP contribution is 2.62. The van der Waals surface area contributed by atoms with Gasteiger partial charge in [0.15, 0.2) is 17.5 Å². The van der Waals surface area contributed by atoms with Gasteiger partial charge in [-0.2, -0.15) is 0 Å². The Labute approximate surface area is 328 Å². The van der Waals surface area contributed by atoms with E-state index in [4.69, 9.17) is 15.0 Å². The molecule has 0 saturated carbocycles. The molecule has 0 amide bonds. The number of hydrogen-bond donors (Lipinski definition) is 0. The molecule has 10 aromatic rings. The summed E-state index contributed by atoms with van der Waals surface area (Å²) in [6.07, 6.45) is 0. The van der Waals surface area contributed by atoms with Crippen molar-refractivity contribution in [2.75, 3.05) is 0 Å². The molecule has 0 atom stereocenters. The van der Waals surface area contributed by atoms with Gasteiger partial charge in [0.2, 0.25) is 0 Å². The Morgan fingerprint density at radius 3 is 1.54 bits per heavy atom. The van der Waals surface area contributed by atoms with Crippen molar-refractivity contribution in [2.45, 2.75) is 5.41 Å². The van der Waals surface area contributed by atoms with Gasteiger partial charge in [-0.05, 0) is 67.8 Å². The lowest BCUT2D eigenvalue weighted by molar-refractivity contribution is 0.775. The second kappa shape index (κ2) is 12.0. The predicted octanol–water partition coefficient (Wildman–Crippen LogP) is 13.3. The number of benzene rings is 8. The molecule has 0 saturated heterocycles. The van der Waals surface area contributed by atoms with Gasteiger partial charge in [-0.3, -0.25) is 0 Å². The summed E-state index contributed by atoms with van der Waals surface area (Å²) in [4.78, 5) is 15.8. The number of fused-ring (bicyclic) bond motifs is 15. The zero-order valence-electron chi connectivity index (χ0n) is 30.1. The molecule has 4 heteroatoms. The predicted molar refractivity (Wildman–Crippen MR) is 231 cm³/mol. The summed E-state index contributed by atoms with van der Waals surface area (Å²) < 4.78 is 2.49. The van der Waals surface area contributed by atoms with Crippen LogP contribution in [0.2, 0.25) is 0 Å². The maximum atomic E-state index is 5.37. The molecular formula is C52H31N3S. The molecule has 0 unspecified atom stereocenters. The van der Waals surface area contributed by atoms with Crippen LogP contribution in [0.25, 0.3) is 87.7 Å². The molecule has 2 aliphatic carbocycles. The van der Waals surface area contributed by atoms with Crippen LogP contribution in [-0.2, 0) is 5.41 Å².